The van der Waals surface area contributed by atoms with E-state index in [4.69, 9.17) is 4.52 Å². The van der Waals surface area contributed by atoms with Crippen LogP contribution in [0.5, 0.6) is 0 Å². The molecule has 0 unspecified atom stereocenters. The molecule has 0 aliphatic heterocycles. The lowest BCUT2D eigenvalue weighted by Crippen LogP contribution is -2.13. The summed E-state index contributed by atoms with van der Waals surface area (Å²) in [6.45, 7) is 2.03. The van der Waals surface area contributed by atoms with Crippen molar-refractivity contribution < 1.29 is 9.32 Å². The molecule has 0 aliphatic rings. The van der Waals surface area contributed by atoms with Crippen molar-refractivity contribution in [1.29, 1.82) is 0 Å². The molecule has 1 amide bonds. The molecule has 23 heavy (non-hydrogen) atoms. The second kappa shape index (κ2) is 6.70. The Balaban J connectivity index is 1.59. The largest absolute Gasteiger partial charge is 0.338 e. The molecule has 0 fully saturated rings. The van der Waals surface area contributed by atoms with Crippen molar-refractivity contribution in [2.24, 2.45) is 7.05 Å². The minimum Gasteiger partial charge on any atom is -0.338 e. The number of aryl methyl sites for hydroxylation is 2. The van der Waals surface area contributed by atoms with Crippen LogP contribution in [0.2, 0.25) is 0 Å². The van der Waals surface area contributed by atoms with Gasteiger partial charge in [-0.15, -0.1) is 0 Å². The third kappa shape index (κ3) is 3.81. The van der Waals surface area contributed by atoms with E-state index in [-0.39, 0.29) is 11.7 Å². The van der Waals surface area contributed by atoms with Gasteiger partial charge in [-0.25, -0.2) is 4.98 Å². The monoisotopic (exact) mass is 328 g/mol. The number of imidazole rings is 1. The van der Waals surface area contributed by atoms with Crippen LogP contribution in [-0.2, 0) is 11.8 Å². The number of thioether (sulfide) groups is 1. The van der Waals surface area contributed by atoms with Gasteiger partial charge >= 0.3 is 0 Å². The number of benzene rings is 1. The summed E-state index contributed by atoms with van der Waals surface area (Å²) in [6, 6.07) is 9.66. The predicted molar refractivity (Wildman–Crippen MR) is 89.2 cm³/mol. The van der Waals surface area contributed by atoms with Gasteiger partial charge in [-0.1, -0.05) is 46.7 Å². The zero-order valence-electron chi connectivity index (χ0n) is 12.8. The van der Waals surface area contributed by atoms with Crippen molar-refractivity contribution in [3.8, 4) is 11.3 Å². The van der Waals surface area contributed by atoms with Crippen molar-refractivity contribution in [3.05, 3.63) is 48.3 Å². The molecule has 7 heteroatoms. The molecule has 0 atom stereocenters. The third-order valence-electron chi connectivity index (χ3n) is 3.23. The number of carbonyl (C=O) groups excluding carboxylic acids is 1. The maximum Gasteiger partial charge on any atom is 0.237 e. The minimum absolute atomic E-state index is 0.162. The van der Waals surface area contributed by atoms with Crippen LogP contribution in [-0.4, -0.2) is 26.4 Å². The van der Waals surface area contributed by atoms with E-state index in [1.54, 1.807) is 12.3 Å². The van der Waals surface area contributed by atoms with E-state index in [0.717, 1.165) is 10.7 Å². The quantitative estimate of drug-likeness (QED) is 0.729. The lowest BCUT2D eigenvalue weighted by Gasteiger charge is -2.01. The fourth-order valence-electron chi connectivity index (χ4n) is 1.99. The van der Waals surface area contributed by atoms with Crippen molar-refractivity contribution in [2.75, 3.05) is 11.1 Å². The molecular formula is C16H16N4O2S. The zero-order chi connectivity index (χ0) is 16.2. The highest BCUT2D eigenvalue weighted by Crippen LogP contribution is 2.22. The molecule has 2 aromatic heterocycles. The molecule has 6 nitrogen and oxygen atoms in total. The summed E-state index contributed by atoms with van der Waals surface area (Å²) in [7, 11) is 1.89. The maximum atomic E-state index is 12.0. The molecule has 0 aliphatic carbocycles. The van der Waals surface area contributed by atoms with E-state index < -0.39 is 0 Å². The van der Waals surface area contributed by atoms with Crippen molar-refractivity contribution in [2.45, 2.75) is 12.1 Å². The highest BCUT2D eigenvalue weighted by molar-refractivity contribution is 7.99. The van der Waals surface area contributed by atoms with Gasteiger partial charge in [-0.05, 0) is 6.92 Å². The van der Waals surface area contributed by atoms with Crippen molar-refractivity contribution >= 4 is 23.6 Å². The fourth-order valence-corrected chi connectivity index (χ4v) is 2.72. The standard InChI is InChI=1S/C16H16N4O2S/c1-11-3-5-12(6-4-11)13-9-15(22-19-13)18-14(21)10-23-16-17-7-8-20(16)2/h3-9H,10H2,1-2H3,(H,18,21). The molecule has 1 aromatic carbocycles. The zero-order valence-corrected chi connectivity index (χ0v) is 13.6. The Labute approximate surface area is 137 Å². The second-order valence-electron chi connectivity index (χ2n) is 5.10. The van der Waals surface area contributed by atoms with Crippen LogP contribution in [0.25, 0.3) is 11.3 Å². The Morgan fingerprint density at radius 2 is 2.13 bits per heavy atom. The van der Waals surface area contributed by atoms with Gasteiger partial charge in [-0.2, -0.15) is 0 Å². The predicted octanol–water partition coefficient (Wildman–Crippen LogP) is 3.11. The number of anilines is 1. The first kappa shape index (κ1) is 15.4. The van der Waals surface area contributed by atoms with Crippen LogP contribution < -0.4 is 5.32 Å². The van der Waals surface area contributed by atoms with Crippen LogP contribution in [0.15, 0.2) is 52.4 Å². The normalized spacial score (nSPS) is 10.7. The van der Waals surface area contributed by atoms with E-state index in [9.17, 15) is 4.79 Å². The van der Waals surface area contributed by atoms with Crippen LogP contribution in [0.3, 0.4) is 0 Å². The highest BCUT2D eigenvalue weighted by atomic mass is 32.2. The Kier molecular flexibility index (Phi) is 4.47. The maximum absolute atomic E-state index is 12.0. The summed E-state index contributed by atoms with van der Waals surface area (Å²) in [4.78, 5) is 16.1. The topological polar surface area (TPSA) is 73.0 Å². The number of carbonyl (C=O) groups is 1. The van der Waals surface area contributed by atoms with Gasteiger partial charge < -0.3 is 9.09 Å². The van der Waals surface area contributed by atoms with E-state index in [0.29, 0.717) is 11.6 Å². The Morgan fingerprint density at radius 3 is 2.83 bits per heavy atom. The second-order valence-corrected chi connectivity index (χ2v) is 6.04. The molecule has 0 saturated carbocycles. The first-order valence-electron chi connectivity index (χ1n) is 7.05. The SMILES string of the molecule is Cc1ccc(-c2cc(NC(=O)CSc3nccn3C)on2)cc1. The van der Waals surface area contributed by atoms with Gasteiger partial charge in [0.2, 0.25) is 11.8 Å². The summed E-state index contributed by atoms with van der Waals surface area (Å²) in [6.07, 6.45) is 3.54. The van der Waals surface area contributed by atoms with Gasteiger partial charge in [0.1, 0.15) is 5.69 Å². The lowest BCUT2D eigenvalue weighted by molar-refractivity contribution is -0.113. The van der Waals surface area contributed by atoms with Gasteiger partial charge in [-0.3, -0.25) is 10.1 Å². The number of rotatable bonds is 5. The number of hydrogen-bond acceptors (Lipinski definition) is 5. The van der Waals surface area contributed by atoms with Crippen LogP contribution in [0.1, 0.15) is 5.56 Å². The average Bonchev–Trinajstić information content (AvgIpc) is 3.15. The summed E-state index contributed by atoms with van der Waals surface area (Å²) in [5, 5.41) is 7.47. The van der Waals surface area contributed by atoms with Crippen molar-refractivity contribution in [3.63, 3.8) is 0 Å². The number of amides is 1. The smallest absolute Gasteiger partial charge is 0.237 e. The molecule has 3 aromatic rings. The Morgan fingerprint density at radius 1 is 1.35 bits per heavy atom. The van der Waals surface area contributed by atoms with E-state index in [1.165, 1.54) is 17.3 Å². The minimum atomic E-state index is -0.162. The molecule has 118 valence electrons. The number of nitrogens with zero attached hydrogens (tertiary/aromatic N) is 3. The molecule has 2 heterocycles. The van der Waals surface area contributed by atoms with Crippen LogP contribution in [0.4, 0.5) is 5.88 Å². The first-order valence-corrected chi connectivity index (χ1v) is 8.04. The molecule has 3 rings (SSSR count). The third-order valence-corrected chi connectivity index (χ3v) is 4.29. The van der Waals surface area contributed by atoms with Crippen LogP contribution in [0, 0.1) is 6.92 Å². The highest BCUT2D eigenvalue weighted by Gasteiger charge is 2.11. The fraction of sp³-hybridized carbons (Fsp3) is 0.188. The first-order chi connectivity index (χ1) is 11.1. The molecule has 0 saturated heterocycles. The number of nitrogens with one attached hydrogen (secondary N) is 1. The average molecular weight is 328 g/mol. The van der Waals surface area contributed by atoms with E-state index in [1.807, 2.05) is 49.0 Å². The number of hydrogen-bond donors (Lipinski definition) is 1. The summed E-state index contributed by atoms with van der Waals surface area (Å²) < 4.78 is 7.03. The van der Waals surface area contributed by atoms with Crippen molar-refractivity contribution in [1.82, 2.24) is 14.7 Å². The van der Waals surface area contributed by atoms with Gasteiger partial charge in [0.05, 0.1) is 5.75 Å². The molecule has 0 radical (unpaired) electrons. The van der Waals surface area contributed by atoms with E-state index >= 15 is 0 Å². The Hall–Kier alpha value is -2.54. The van der Waals surface area contributed by atoms with E-state index in [2.05, 4.69) is 15.5 Å². The molecule has 0 bridgehead atoms. The van der Waals surface area contributed by atoms with Crippen LogP contribution >= 0.6 is 11.8 Å². The summed E-state index contributed by atoms with van der Waals surface area (Å²) in [5.74, 6) is 0.432. The summed E-state index contributed by atoms with van der Waals surface area (Å²) >= 11 is 1.36. The molecule has 0 spiro atoms. The lowest BCUT2D eigenvalue weighted by atomic mass is 10.1. The van der Waals surface area contributed by atoms with Gasteiger partial charge in [0, 0.05) is 31.1 Å². The van der Waals surface area contributed by atoms with Gasteiger partial charge in [0.25, 0.3) is 0 Å². The molecule has 1 N–H and O–H groups in total. The molecular weight excluding hydrogens is 312 g/mol. The Bertz CT molecular complexity index is 808. The number of aromatic nitrogens is 3. The summed E-state index contributed by atoms with van der Waals surface area (Å²) in [5.41, 5.74) is 2.82. The van der Waals surface area contributed by atoms with Gasteiger partial charge in [0.15, 0.2) is 5.16 Å².